The summed E-state index contributed by atoms with van der Waals surface area (Å²) in [7, 11) is -1.77. The molecular weight excluding hydrogens is 344 g/mol. The zero-order valence-corrected chi connectivity index (χ0v) is 15.3. The van der Waals surface area contributed by atoms with Gasteiger partial charge in [-0.1, -0.05) is 42.5 Å². The number of sulfonamides is 1. The van der Waals surface area contributed by atoms with E-state index in [1.165, 1.54) is 4.31 Å². The smallest absolute Gasteiger partial charge is 0.243 e. The molecule has 0 amide bonds. The van der Waals surface area contributed by atoms with E-state index < -0.39 is 10.0 Å². The molecule has 6 heteroatoms. The van der Waals surface area contributed by atoms with Crippen LogP contribution in [0.2, 0.25) is 0 Å². The molecule has 1 N–H and O–H groups in total. The summed E-state index contributed by atoms with van der Waals surface area (Å²) in [5, 5.41) is 3.27. The van der Waals surface area contributed by atoms with Crippen LogP contribution in [0.25, 0.3) is 11.1 Å². The molecule has 0 bridgehead atoms. The predicted molar refractivity (Wildman–Crippen MR) is 100.0 cm³/mol. The third kappa shape index (κ3) is 3.98. The van der Waals surface area contributed by atoms with Gasteiger partial charge in [0.25, 0.3) is 0 Å². The number of rotatable bonds is 4. The zero-order chi connectivity index (χ0) is 16.3. The van der Waals surface area contributed by atoms with Gasteiger partial charge < -0.3 is 5.32 Å². The summed E-state index contributed by atoms with van der Waals surface area (Å²) >= 11 is 0. The number of halogens is 1. The van der Waals surface area contributed by atoms with Crippen molar-refractivity contribution in [2.75, 3.05) is 20.1 Å². The van der Waals surface area contributed by atoms with Crippen LogP contribution in [-0.4, -0.2) is 38.9 Å². The normalized spacial score (nSPS) is 15.9. The van der Waals surface area contributed by atoms with Crippen LogP contribution in [0, 0.1) is 0 Å². The van der Waals surface area contributed by atoms with Gasteiger partial charge in [-0.2, -0.15) is 4.31 Å². The predicted octanol–water partition coefficient (Wildman–Crippen LogP) is 3.15. The van der Waals surface area contributed by atoms with Gasteiger partial charge in [-0.05, 0) is 49.2 Å². The molecule has 130 valence electrons. The Labute approximate surface area is 150 Å². The Morgan fingerprint density at radius 1 is 0.958 bits per heavy atom. The van der Waals surface area contributed by atoms with E-state index in [4.69, 9.17) is 0 Å². The van der Waals surface area contributed by atoms with Crippen molar-refractivity contribution < 1.29 is 8.42 Å². The van der Waals surface area contributed by atoms with Gasteiger partial charge in [0.1, 0.15) is 0 Å². The Morgan fingerprint density at radius 3 is 2.25 bits per heavy atom. The third-order valence-corrected chi connectivity index (χ3v) is 6.35. The van der Waals surface area contributed by atoms with E-state index in [-0.39, 0.29) is 18.4 Å². The minimum Gasteiger partial charge on any atom is -0.317 e. The first-order valence-electron chi connectivity index (χ1n) is 7.93. The van der Waals surface area contributed by atoms with Gasteiger partial charge in [0, 0.05) is 13.1 Å². The molecule has 1 saturated heterocycles. The van der Waals surface area contributed by atoms with E-state index in [2.05, 4.69) is 5.32 Å². The Bertz CT molecular complexity index is 760. The van der Waals surface area contributed by atoms with Crippen LogP contribution in [0.3, 0.4) is 0 Å². The van der Waals surface area contributed by atoms with Crippen LogP contribution >= 0.6 is 12.4 Å². The first-order valence-corrected chi connectivity index (χ1v) is 9.37. The molecule has 3 rings (SSSR count). The molecule has 0 unspecified atom stereocenters. The van der Waals surface area contributed by atoms with E-state index in [0.29, 0.717) is 4.90 Å². The van der Waals surface area contributed by atoms with Crippen LogP contribution < -0.4 is 5.32 Å². The van der Waals surface area contributed by atoms with Gasteiger partial charge in [0.2, 0.25) is 10.0 Å². The molecule has 2 aromatic carbocycles. The Balaban J connectivity index is 0.00000208. The molecule has 0 atom stereocenters. The van der Waals surface area contributed by atoms with Crippen molar-refractivity contribution in [3.8, 4) is 11.1 Å². The lowest BCUT2D eigenvalue weighted by Gasteiger charge is -2.30. The summed E-state index contributed by atoms with van der Waals surface area (Å²) < 4.78 is 27.4. The number of piperidine rings is 1. The standard InChI is InChI=1S/C18H22N2O2S.ClH/c1-20(17-10-12-19-13-11-17)23(21,22)18-9-5-8-16(14-18)15-6-3-2-4-7-15;/h2-9,14,17,19H,10-13H2,1H3;1H. The highest BCUT2D eigenvalue weighted by Crippen LogP contribution is 2.25. The van der Waals surface area contributed by atoms with E-state index in [1.54, 1.807) is 19.2 Å². The molecule has 1 heterocycles. The monoisotopic (exact) mass is 366 g/mol. The Hall–Kier alpha value is -1.40. The average molecular weight is 367 g/mol. The van der Waals surface area contributed by atoms with Crippen LogP contribution in [-0.2, 0) is 10.0 Å². The van der Waals surface area contributed by atoms with E-state index in [0.717, 1.165) is 37.1 Å². The van der Waals surface area contributed by atoms with Crippen LogP contribution in [0.4, 0.5) is 0 Å². The van der Waals surface area contributed by atoms with E-state index in [1.807, 2.05) is 42.5 Å². The van der Waals surface area contributed by atoms with Gasteiger partial charge in [0.15, 0.2) is 0 Å². The SMILES string of the molecule is CN(C1CCNCC1)S(=O)(=O)c1cccc(-c2ccccc2)c1.Cl. The van der Waals surface area contributed by atoms with E-state index >= 15 is 0 Å². The van der Waals surface area contributed by atoms with Crippen molar-refractivity contribution in [2.24, 2.45) is 0 Å². The van der Waals surface area contributed by atoms with Crippen molar-refractivity contribution >= 4 is 22.4 Å². The van der Waals surface area contributed by atoms with Crippen molar-refractivity contribution in [2.45, 2.75) is 23.8 Å². The molecule has 0 saturated carbocycles. The van der Waals surface area contributed by atoms with Crippen molar-refractivity contribution in [3.05, 3.63) is 54.6 Å². The van der Waals surface area contributed by atoms with Gasteiger partial charge in [-0.15, -0.1) is 12.4 Å². The maximum absolute atomic E-state index is 12.9. The quantitative estimate of drug-likeness (QED) is 0.904. The summed E-state index contributed by atoms with van der Waals surface area (Å²) in [6.45, 7) is 1.74. The highest BCUT2D eigenvalue weighted by molar-refractivity contribution is 7.89. The van der Waals surface area contributed by atoms with E-state index in [9.17, 15) is 8.42 Å². The molecule has 2 aromatic rings. The number of nitrogens with one attached hydrogen (secondary N) is 1. The molecule has 0 spiro atoms. The second-order valence-electron chi connectivity index (χ2n) is 5.90. The summed E-state index contributed by atoms with van der Waals surface area (Å²) in [4.78, 5) is 0.361. The summed E-state index contributed by atoms with van der Waals surface area (Å²) in [6, 6.07) is 17.1. The highest BCUT2D eigenvalue weighted by atomic mass is 35.5. The van der Waals surface area contributed by atoms with Gasteiger partial charge in [0.05, 0.1) is 4.90 Å². The molecule has 4 nitrogen and oxygen atoms in total. The van der Waals surface area contributed by atoms with Crippen molar-refractivity contribution in [1.29, 1.82) is 0 Å². The minimum atomic E-state index is -3.46. The molecule has 1 fully saturated rings. The molecule has 24 heavy (non-hydrogen) atoms. The lowest BCUT2D eigenvalue weighted by molar-refractivity contribution is 0.296. The molecule has 1 aliphatic rings. The molecule has 0 radical (unpaired) electrons. The molecule has 1 aliphatic heterocycles. The number of hydrogen-bond acceptors (Lipinski definition) is 3. The summed E-state index contributed by atoms with van der Waals surface area (Å²) in [5.41, 5.74) is 1.94. The third-order valence-electron chi connectivity index (χ3n) is 4.44. The molecular formula is C18H23ClN2O2S. The fourth-order valence-electron chi connectivity index (χ4n) is 3.00. The second kappa shape index (κ2) is 8.12. The first kappa shape index (κ1) is 18.9. The maximum Gasteiger partial charge on any atom is 0.243 e. The number of hydrogen-bond donors (Lipinski definition) is 1. The minimum absolute atomic E-state index is 0. The number of nitrogens with zero attached hydrogens (tertiary/aromatic N) is 1. The van der Waals surface area contributed by atoms with Crippen LogP contribution in [0.1, 0.15) is 12.8 Å². The summed E-state index contributed by atoms with van der Waals surface area (Å²) in [6.07, 6.45) is 1.71. The summed E-state index contributed by atoms with van der Waals surface area (Å²) in [5.74, 6) is 0. The Kier molecular flexibility index (Phi) is 6.40. The largest absolute Gasteiger partial charge is 0.317 e. The van der Waals surface area contributed by atoms with Gasteiger partial charge >= 0.3 is 0 Å². The Morgan fingerprint density at radius 2 is 1.58 bits per heavy atom. The first-order chi connectivity index (χ1) is 11.1. The van der Waals surface area contributed by atoms with Crippen molar-refractivity contribution in [3.63, 3.8) is 0 Å². The fraction of sp³-hybridized carbons (Fsp3) is 0.333. The zero-order valence-electron chi connectivity index (χ0n) is 13.7. The average Bonchev–Trinajstić information content (AvgIpc) is 2.62. The maximum atomic E-state index is 12.9. The van der Waals surface area contributed by atoms with Crippen molar-refractivity contribution in [1.82, 2.24) is 9.62 Å². The lowest BCUT2D eigenvalue weighted by Crippen LogP contribution is -2.43. The number of benzene rings is 2. The van der Waals surface area contributed by atoms with Gasteiger partial charge in [-0.25, -0.2) is 8.42 Å². The molecule has 0 aromatic heterocycles. The topological polar surface area (TPSA) is 49.4 Å². The second-order valence-corrected chi connectivity index (χ2v) is 7.89. The molecule has 0 aliphatic carbocycles. The highest BCUT2D eigenvalue weighted by Gasteiger charge is 2.29. The van der Waals surface area contributed by atoms with Crippen LogP contribution in [0.15, 0.2) is 59.5 Å². The van der Waals surface area contributed by atoms with Gasteiger partial charge in [-0.3, -0.25) is 0 Å². The van der Waals surface area contributed by atoms with Crippen LogP contribution in [0.5, 0.6) is 0 Å². The fourth-order valence-corrected chi connectivity index (χ4v) is 4.46. The lowest BCUT2D eigenvalue weighted by atomic mass is 10.1.